The molecule has 0 saturated carbocycles. The first-order valence-electron chi connectivity index (χ1n) is 9.45. The molecule has 1 saturated heterocycles. The highest BCUT2D eigenvalue weighted by atomic mass is 16.5. The Kier molecular flexibility index (Phi) is 6.12. The second-order valence-electron chi connectivity index (χ2n) is 6.80. The van der Waals surface area contributed by atoms with Crippen LogP contribution in [0.25, 0.3) is 0 Å². The van der Waals surface area contributed by atoms with Crippen molar-refractivity contribution in [2.45, 2.75) is 32.7 Å². The van der Waals surface area contributed by atoms with E-state index in [1.165, 1.54) is 0 Å². The Bertz CT molecular complexity index is 784. The fraction of sp³-hybridized carbons (Fsp3) is 0.364. The van der Waals surface area contributed by atoms with Crippen molar-refractivity contribution in [3.8, 4) is 5.75 Å². The van der Waals surface area contributed by atoms with E-state index in [4.69, 9.17) is 4.74 Å². The molecule has 0 aliphatic carbocycles. The zero-order chi connectivity index (χ0) is 19.2. The number of ether oxygens (including phenoxy) is 1. The van der Waals surface area contributed by atoms with Crippen LogP contribution in [0, 0.1) is 6.92 Å². The van der Waals surface area contributed by atoms with Crippen LogP contribution in [0.1, 0.15) is 47.3 Å². The molecule has 0 spiro atoms. The second-order valence-corrected chi connectivity index (χ2v) is 6.80. The van der Waals surface area contributed by atoms with Gasteiger partial charge < -0.3 is 15.0 Å². The van der Waals surface area contributed by atoms with Crippen molar-refractivity contribution >= 4 is 11.8 Å². The number of benzene rings is 2. The highest BCUT2D eigenvalue weighted by Gasteiger charge is 2.29. The molecule has 1 aliphatic rings. The normalized spacial score (nSPS) is 16.2. The molecule has 1 heterocycles. The summed E-state index contributed by atoms with van der Waals surface area (Å²) in [7, 11) is 0. The van der Waals surface area contributed by atoms with Crippen LogP contribution in [-0.4, -0.2) is 36.4 Å². The quantitative estimate of drug-likeness (QED) is 0.851. The third kappa shape index (κ3) is 4.67. The van der Waals surface area contributed by atoms with E-state index >= 15 is 0 Å². The molecule has 5 heteroatoms. The molecule has 2 aromatic carbocycles. The lowest BCUT2D eigenvalue weighted by Gasteiger charge is -2.25. The summed E-state index contributed by atoms with van der Waals surface area (Å²) in [6.45, 7) is 5.29. The summed E-state index contributed by atoms with van der Waals surface area (Å²) < 4.78 is 5.48. The van der Waals surface area contributed by atoms with Crippen LogP contribution in [0.3, 0.4) is 0 Å². The molecular formula is C22H26N2O3. The molecule has 1 unspecified atom stereocenters. The van der Waals surface area contributed by atoms with Gasteiger partial charge in [0.05, 0.1) is 19.2 Å². The van der Waals surface area contributed by atoms with Gasteiger partial charge in [0.2, 0.25) is 5.91 Å². The molecular weight excluding hydrogens is 340 g/mol. The Balaban J connectivity index is 1.59. The molecule has 27 heavy (non-hydrogen) atoms. The minimum atomic E-state index is -0.222. The number of nitrogens with zero attached hydrogens (tertiary/aromatic N) is 1. The van der Waals surface area contributed by atoms with Gasteiger partial charge in [0.25, 0.3) is 5.91 Å². The summed E-state index contributed by atoms with van der Waals surface area (Å²) >= 11 is 0. The number of nitrogens with one attached hydrogen (secondary N) is 1. The lowest BCUT2D eigenvalue weighted by molar-refractivity contribution is -0.131. The molecule has 1 atom stereocenters. The number of aryl methyl sites for hydroxylation is 1. The predicted molar refractivity (Wildman–Crippen MR) is 105 cm³/mol. The van der Waals surface area contributed by atoms with E-state index in [2.05, 4.69) is 5.32 Å². The smallest absolute Gasteiger partial charge is 0.251 e. The van der Waals surface area contributed by atoms with Gasteiger partial charge in [-0.05, 0) is 56.5 Å². The largest absolute Gasteiger partial charge is 0.494 e. The van der Waals surface area contributed by atoms with Gasteiger partial charge in [0, 0.05) is 12.1 Å². The first-order valence-corrected chi connectivity index (χ1v) is 9.45. The van der Waals surface area contributed by atoms with Crippen molar-refractivity contribution < 1.29 is 14.3 Å². The molecule has 142 valence electrons. The third-order valence-electron chi connectivity index (χ3n) is 4.86. The first kappa shape index (κ1) is 19.0. The van der Waals surface area contributed by atoms with Crippen molar-refractivity contribution in [2.24, 2.45) is 0 Å². The van der Waals surface area contributed by atoms with Crippen molar-refractivity contribution in [3.05, 3.63) is 65.2 Å². The number of amides is 2. The number of carbonyl (C=O) groups is 2. The third-order valence-corrected chi connectivity index (χ3v) is 4.86. The zero-order valence-electron chi connectivity index (χ0n) is 15.9. The maximum absolute atomic E-state index is 12.7. The van der Waals surface area contributed by atoms with Crippen LogP contribution < -0.4 is 10.1 Å². The van der Waals surface area contributed by atoms with Crippen LogP contribution in [0.15, 0.2) is 48.5 Å². The van der Waals surface area contributed by atoms with Crippen molar-refractivity contribution in [1.29, 1.82) is 0 Å². The van der Waals surface area contributed by atoms with E-state index < -0.39 is 0 Å². The number of hydrogen-bond donors (Lipinski definition) is 1. The topological polar surface area (TPSA) is 58.6 Å². The molecule has 2 amide bonds. The predicted octanol–water partition coefficient (Wildman–Crippen LogP) is 3.49. The summed E-state index contributed by atoms with van der Waals surface area (Å²) in [5.74, 6) is 0.564. The molecule has 0 radical (unpaired) electrons. The van der Waals surface area contributed by atoms with Gasteiger partial charge in [-0.1, -0.05) is 29.8 Å². The standard InChI is InChI=1S/C22H26N2O3/c1-3-27-19-12-10-17(11-13-19)20-5-4-14-24(20)21(25)15-23-22(26)18-8-6-16(2)7-9-18/h6-13,20H,3-5,14-15H2,1-2H3,(H,23,26). The average molecular weight is 366 g/mol. The molecule has 0 bridgehead atoms. The Labute approximate surface area is 160 Å². The van der Waals surface area contributed by atoms with Gasteiger partial charge in [0.15, 0.2) is 0 Å². The van der Waals surface area contributed by atoms with E-state index in [1.807, 2.05) is 55.1 Å². The first-order chi connectivity index (χ1) is 13.1. The van der Waals surface area contributed by atoms with Gasteiger partial charge in [-0.15, -0.1) is 0 Å². The minimum Gasteiger partial charge on any atom is -0.494 e. The molecule has 2 aromatic rings. The van der Waals surface area contributed by atoms with E-state index in [0.29, 0.717) is 12.2 Å². The van der Waals surface area contributed by atoms with E-state index in [1.54, 1.807) is 12.1 Å². The molecule has 5 nitrogen and oxygen atoms in total. The van der Waals surface area contributed by atoms with E-state index in [-0.39, 0.29) is 24.4 Å². The fourth-order valence-corrected chi connectivity index (χ4v) is 3.43. The van der Waals surface area contributed by atoms with Gasteiger partial charge >= 0.3 is 0 Å². The summed E-state index contributed by atoms with van der Waals surface area (Å²) in [6, 6.07) is 15.3. The van der Waals surface area contributed by atoms with Gasteiger partial charge in [-0.25, -0.2) is 0 Å². The molecule has 3 rings (SSSR count). The van der Waals surface area contributed by atoms with Crippen LogP contribution >= 0.6 is 0 Å². The fourth-order valence-electron chi connectivity index (χ4n) is 3.43. The molecule has 1 N–H and O–H groups in total. The summed E-state index contributed by atoms with van der Waals surface area (Å²) in [4.78, 5) is 26.8. The lowest BCUT2D eigenvalue weighted by Crippen LogP contribution is -2.39. The summed E-state index contributed by atoms with van der Waals surface area (Å²) in [6.07, 6.45) is 1.90. The Hall–Kier alpha value is -2.82. The maximum atomic E-state index is 12.7. The lowest BCUT2D eigenvalue weighted by atomic mass is 10.0. The highest BCUT2D eigenvalue weighted by Crippen LogP contribution is 2.32. The SMILES string of the molecule is CCOc1ccc(C2CCCN2C(=O)CNC(=O)c2ccc(C)cc2)cc1. The van der Waals surface area contributed by atoms with Crippen molar-refractivity contribution in [2.75, 3.05) is 19.7 Å². The van der Waals surface area contributed by atoms with Crippen LogP contribution in [0.5, 0.6) is 5.75 Å². The summed E-state index contributed by atoms with van der Waals surface area (Å²) in [5, 5.41) is 2.74. The van der Waals surface area contributed by atoms with Crippen LogP contribution in [0.2, 0.25) is 0 Å². The van der Waals surface area contributed by atoms with Gasteiger partial charge in [-0.2, -0.15) is 0 Å². The Morgan fingerprint density at radius 2 is 1.81 bits per heavy atom. The van der Waals surface area contributed by atoms with Crippen molar-refractivity contribution in [3.63, 3.8) is 0 Å². The maximum Gasteiger partial charge on any atom is 0.251 e. The Morgan fingerprint density at radius 1 is 1.11 bits per heavy atom. The molecule has 1 aliphatic heterocycles. The number of carbonyl (C=O) groups excluding carboxylic acids is 2. The number of rotatable bonds is 6. The second kappa shape index (κ2) is 8.71. The number of hydrogen-bond acceptors (Lipinski definition) is 3. The van der Waals surface area contributed by atoms with E-state index in [9.17, 15) is 9.59 Å². The zero-order valence-corrected chi connectivity index (χ0v) is 15.9. The number of likely N-dealkylation sites (tertiary alicyclic amines) is 1. The van der Waals surface area contributed by atoms with E-state index in [0.717, 1.165) is 36.3 Å². The molecule has 1 fully saturated rings. The molecule has 0 aromatic heterocycles. The van der Waals surface area contributed by atoms with Gasteiger partial charge in [0.1, 0.15) is 5.75 Å². The van der Waals surface area contributed by atoms with Crippen LogP contribution in [-0.2, 0) is 4.79 Å². The highest BCUT2D eigenvalue weighted by molar-refractivity contribution is 5.96. The Morgan fingerprint density at radius 3 is 2.48 bits per heavy atom. The van der Waals surface area contributed by atoms with Crippen molar-refractivity contribution in [1.82, 2.24) is 10.2 Å². The van der Waals surface area contributed by atoms with Gasteiger partial charge in [-0.3, -0.25) is 9.59 Å². The summed E-state index contributed by atoms with van der Waals surface area (Å²) in [5.41, 5.74) is 2.77. The monoisotopic (exact) mass is 366 g/mol. The minimum absolute atomic E-state index is 0.0141. The van der Waals surface area contributed by atoms with Crippen LogP contribution in [0.4, 0.5) is 0 Å². The average Bonchev–Trinajstić information content (AvgIpc) is 3.17.